The van der Waals surface area contributed by atoms with Crippen molar-refractivity contribution in [2.45, 2.75) is 25.7 Å². The molecule has 5 nitrogen and oxygen atoms in total. The van der Waals surface area contributed by atoms with Crippen LogP contribution in [0.2, 0.25) is 5.02 Å². The number of nitrogens with one attached hydrogen (secondary N) is 2. The molecule has 1 aliphatic carbocycles. The fourth-order valence-electron chi connectivity index (χ4n) is 3.16. The molecule has 0 aromatic heterocycles. The molecule has 4 N–H and O–H groups in total. The number of fused-ring (bicyclic) bond motifs is 1. The van der Waals surface area contributed by atoms with Gasteiger partial charge in [0.25, 0.3) is 5.91 Å². The molecule has 2 aromatic carbocycles. The number of hydrogen-bond acceptors (Lipinski definition) is 2. The fourth-order valence-corrected chi connectivity index (χ4v) is 3.38. The number of carbonyl (C=O) groups is 1. The van der Waals surface area contributed by atoms with Gasteiger partial charge in [-0.3, -0.25) is 9.79 Å². The van der Waals surface area contributed by atoms with E-state index >= 15 is 0 Å². The summed E-state index contributed by atoms with van der Waals surface area (Å²) in [5.74, 6) is 0.144. The highest BCUT2D eigenvalue weighted by Gasteiger charge is 2.13. The third-order valence-electron chi connectivity index (χ3n) is 4.46. The summed E-state index contributed by atoms with van der Waals surface area (Å²) < 4.78 is 0. The van der Waals surface area contributed by atoms with Crippen molar-refractivity contribution >= 4 is 53.1 Å². The van der Waals surface area contributed by atoms with Crippen molar-refractivity contribution in [1.82, 2.24) is 5.32 Å². The number of guanidine groups is 1. The van der Waals surface area contributed by atoms with E-state index < -0.39 is 0 Å². The Morgan fingerprint density at radius 1 is 1.11 bits per heavy atom. The number of halogens is 2. The summed E-state index contributed by atoms with van der Waals surface area (Å²) in [6, 6.07) is 13.2. The maximum atomic E-state index is 12.1. The van der Waals surface area contributed by atoms with E-state index in [9.17, 15) is 4.79 Å². The molecule has 0 saturated carbocycles. The van der Waals surface area contributed by atoms with E-state index in [0.717, 1.165) is 18.5 Å². The highest BCUT2D eigenvalue weighted by molar-refractivity contribution is 14.0. The molecule has 1 amide bonds. The lowest BCUT2D eigenvalue weighted by Crippen LogP contribution is -2.29. The van der Waals surface area contributed by atoms with Crippen molar-refractivity contribution in [3.63, 3.8) is 0 Å². The minimum atomic E-state index is -0.213. The van der Waals surface area contributed by atoms with Crippen LogP contribution in [0.5, 0.6) is 0 Å². The quantitative estimate of drug-likeness (QED) is 0.252. The summed E-state index contributed by atoms with van der Waals surface area (Å²) in [5.41, 5.74) is 10.2. The van der Waals surface area contributed by atoms with E-state index in [1.165, 1.54) is 24.0 Å². The SMILES string of the molecule is I.NC(=NCCNC(=O)c1ccccc1Cl)Nc1cccc2c1CCCC2. The number of aliphatic imine (C=N–C) groups is 1. The zero-order valence-corrected chi connectivity index (χ0v) is 18.1. The van der Waals surface area contributed by atoms with E-state index in [1.54, 1.807) is 24.3 Å². The Morgan fingerprint density at radius 2 is 1.89 bits per heavy atom. The minimum Gasteiger partial charge on any atom is -0.370 e. The summed E-state index contributed by atoms with van der Waals surface area (Å²) in [4.78, 5) is 16.4. The lowest BCUT2D eigenvalue weighted by atomic mass is 9.90. The number of anilines is 1. The summed E-state index contributed by atoms with van der Waals surface area (Å²) >= 11 is 6.01. The van der Waals surface area contributed by atoms with Gasteiger partial charge < -0.3 is 16.4 Å². The van der Waals surface area contributed by atoms with E-state index in [-0.39, 0.29) is 29.9 Å². The highest BCUT2D eigenvalue weighted by Crippen LogP contribution is 2.27. The Hall–Kier alpha value is -1.80. The molecular formula is C20H24ClIN4O. The largest absolute Gasteiger partial charge is 0.370 e. The standard InChI is InChI=1S/C20H23ClN4O.HI/c21-17-10-4-3-9-16(17)19(26)23-12-13-24-20(22)25-18-11-5-7-14-6-1-2-8-15(14)18;/h3-5,7,9-11H,1-2,6,8,12-13H2,(H,23,26)(H3,22,24,25);1H. The Balaban J connectivity index is 0.00000261. The van der Waals surface area contributed by atoms with Gasteiger partial charge in [0.1, 0.15) is 0 Å². The predicted octanol–water partition coefficient (Wildman–Crippen LogP) is 3.99. The van der Waals surface area contributed by atoms with E-state index in [1.807, 2.05) is 12.1 Å². The summed E-state index contributed by atoms with van der Waals surface area (Å²) in [6.45, 7) is 0.781. The van der Waals surface area contributed by atoms with Gasteiger partial charge in [-0.1, -0.05) is 35.9 Å². The van der Waals surface area contributed by atoms with Gasteiger partial charge in [0.05, 0.1) is 17.1 Å². The first kappa shape index (κ1) is 21.5. The molecule has 0 fully saturated rings. The van der Waals surface area contributed by atoms with Gasteiger partial charge >= 0.3 is 0 Å². The average molecular weight is 499 g/mol. The fraction of sp³-hybridized carbons (Fsp3) is 0.300. The maximum absolute atomic E-state index is 12.1. The lowest BCUT2D eigenvalue weighted by molar-refractivity contribution is 0.0955. The molecule has 27 heavy (non-hydrogen) atoms. The van der Waals surface area contributed by atoms with Crippen LogP contribution in [0.1, 0.15) is 34.3 Å². The van der Waals surface area contributed by atoms with Crippen LogP contribution in [0.25, 0.3) is 0 Å². The molecule has 2 aromatic rings. The topological polar surface area (TPSA) is 79.5 Å². The van der Waals surface area contributed by atoms with E-state index in [2.05, 4.69) is 21.7 Å². The number of aryl methyl sites for hydroxylation is 1. The van der Waals surface area contributed by atoms with Crippen LogP contribution in [0.4, 0.5) is 5.69 Å². The Kier molecular flexibility index (Phi) is 8.37. The van der Waals surface area contributed by atoms with Crippen LogP contribution in [0, 0.1) is 0 Å². The Morgan fingerprint density at radius 3 is 2.70 bits per heavy atom. The van der Waals surface area contributed by atoms with E-state index in [0.29, 0.717) is 29.6 Å². The van der Waals surface area contributed by atoms with Crippen molar-refractivity contribution in [2.24, 2.45) is 10.7 Å². The zero-order valence-electron chi connectivity index (χ0n) is 15.0. The second kappa shape index (κ2) is 10.5. The van der Waals surface area contributed by atoms with Gasteiger partial charge in [-0.15, -0.1) is 24.0 Å². The minimum absolute atomic E-state index is 0. The third-order valence-corrected chi connectivity index (χ3v) is 4.79. The van der Waals surface area contributed by atoms with Gasteiger partial charge in [-0.05, 0) is 55.0 Å². The number of rotatable bonds is 5. The van der Waals surface area contributed by atoms with Crippen molar-refractivity contribution < 1.29 is 4.79 Å². The molecule has 1 aliphatic rings. The zero-order chi connectivity index (χ0) is 18.4. The van der Waals surface area contributed by atoms with Crippen LogP contribution < -0.4 is 16.4 Å². The van der Waals surface area contributed by atoms with Gasteiger partial charge in [0, 0.05) is 12.2 Å². The first-order valence-electron chi connectivity index (χ1n) is 8.85. The second-order valence-electron chi connectivity index (χ2n) is 6.28. The molecule has 7 heteroatoms. The summed E-state index contributed by atoms with van der Waals surface area (Å²) in [6.07, 6.45) is 4.64. The average Bonchev–Trinajstić information content (AvgIpc) is 2.66. The molecule has 0 heterocycles. The van der Waals surface area contributed by atoms with Crippen LogP contribution in [0.15, 0.2) is 47.5 Å². The van der Waals surface area contributed by atoms with Crippen LogP contribution in [0.3, 0.4) is 0 Å². The third kappa shape index (κ3) is 5.84. The summed E-state index contributed by atoms with van der Waals surface area (Å²) in [5, 5.41) is 6.42. The van der Waals surface area contributed by atoms with Gasteiger partial charge in [-0.25, -0.2) is 0 Å². The number of carbonyl (C=O) groups excluding carboxylic acids is 1. The van der Waals surface area contributed by atoms with Crippen molar-refractivity contribution in [3.8, 4) is 0 Å². The number of benzene rings is 2. The molecule has 0 saturated heterocycles. The molecule has 0 atom stereocenters. The van der Waals surface area contributed by atoms with E-state index in [4.69, 9.17) is 17.3 Å². The molecule has 144 valence electrons. The highest BCUT2D eigenvalue weighted by atomic mass is 127. The normalized spacial score (nSPS) is 13.3. The second-order valence-corrected chi connectivity index (χ2v) is 6.69. The summed E-state index contributed by atoms with van der Waals surface area (Å²) in [7, 11) is 0. The maximum Gasteiger partial charge on any atom is 0.252 e. The Bertz CT molecular complexity index is 825. The lowest BCUT2D eigenvalue weighted by Gasteiger charge is -2.19. The molecule has 0 unspecified atom stereocenters. The molecule has 0 bridgehead atoms. The van der Waals surface area contributed by atoms with Crippen LogP contribution in [-0.4, -0.2) is 25.0 Å². The first-order chi connectivity index (χ1) is 12.6. The predicted molar refractivity (Wildman–Crippen MR) is 122 cm³/mol. The van der Waals surface area contributed by atoms with Crippen LogP contribution in [-0.2, 0) is 12.8 Å². The molecule has 0 spiro atoms. The molecule has 0 aliphatic heterocycles. The van der Waals surface area contributed by atoms with Crippen LogP contribution >= 0.6 is 35.6 Å². The first-order valence-corrected chi connectivity index (χ1v) is 9.23. The smallest absolute Gasteiger partial charge is 0.252 e. The van der Waals surface area contributed by atoms with Crippen molar-refractivity contribution in [1.29, 1.82) is 0 Å². The van der Waals surface area contributed by atoms with Gasteiger partial charge in [0.15, 0.2) is 5.96 Å². The number of hydrogen-bond donors (Lipinski definition) is 3. The number of amides is 1. The molecular weight excluding hydrogens is 475 g/mol. The van der Waals surface area contributed by atoms with Gasteiger partial charge in [0.2, 0.25) is 0 Å². The number of nitrogens with zero attached hydrogens (tertiary/aromatic N) is 1. The monoisotopic (exact) mass is 498 g/mol. The molecule has 3 rings (SSSR count). The van der Waals surface area contributed by atoms with Crippen molar-refractivity contribution in [2.75, 3.05) is 18.4 Å². The number of nitrogens with two attached hydrogens (primary N) is 1. The Labute approximate surface area is 181 Å². The molecule has 0 radical (unpaired) electrons. The van der Waals surface area contributed by atoms with Crippen molar-refractivity contribution in [3.05, 3.63) is 64.2 Å². The van der Waals surface area contributed by atoms with Gasteiger partial charge in [-0.2, -0.15) is 0 Å².